The molecule has 1 aromatic heterocycles. The van der Waals surface area contributed by atoms with E-state index in [1.165, 1.54) is 0 Å². The Bertz CT molecular complexity index is 452. The molecule has 15 heavy (non-hydrogen) atoms. The number of nitrogens with one attached hydrogen (secondary N) is 2. The van der Waals surface area contributed by atoms with Gasteiger partial charge >= 0.3 is 0 Å². The molecule has 4 nitrogen and oxygen atoms in total. The zero-order valence-corrected chi connectivity index (χ0v) is 9.04. The van der Waals surface area contributed by atoms with Crippen LogP contribution < -0.4 is 5.32 Å². The first kappa shape index (κ1) is 9.98. The molecule has 0 spiro atoms. The van der Waals surface area contributed by atoms with E-state index >= 15 is 0 Å². The summed E-state index contributed by atoms with van der Waals surface area (Å²) in [6.07, 6.45) is 0. The van der Waals surface area contributed by atoms with Crippen molar-refractivity contribution >= 4 is 17.5 Å². The maximum absolute atomic E-state index is 6.01. The predicted octanol–water partition coefficient (Wildman–Crippen LogP) is 2.38. The summed E-state index contributed by atoms with van der Waals surface area (Å²) in [4.78, 5) is 4.13. The molecular weight excluding hydrogens is 212 g/mol. The number of rotatable bonds is 3. The van der Waals surface area contributed by atoms with Gasteiger partial charge in [-0.25, -0.2) is 0 Å². The van der Waals surface area contributed by atoms with E-state index in [2.05, 4.69) is 20.5 Å². The monoisotopic (exact) mass is 222 g/mol. The largest absolute Gasteiger partial charge is 0.349 e. The maximum atomic E-state index is 6.01. The van der Waals surface area contributed by atoms with Crippen molar-refractivity contribution in [3.8, 4) is 0 Å². The van der Waals surface area contributed by atoms with E-state index in [0.717, 1.165) is 16.4 Å². The first-order chi connectivity index (χ1) is 7.25. The molecule has 0 saturated heterocycles. The van der Waals surface area contributed by atoms with Crippen LogP contribution in [0.3, 0.4) is 0 Å². The van der Waals surface area contributed by atoms with Gasteiger partial charge in [-0.05, 0) is 18.6 Å². The van der Waals surface area contributed by atoms with Crippen LogP contribution in [0, 0.1) is 6.92 Å². The van der Waals surface area contributed by atoms with Gasteiger partial charge in [-0.1, -0.05) is 29.8 Å². The molecule has 0 fully saturated rings. The van der Waals surface area contributed by atoms with E-state index in [1.54, 1.807) is 0 Å². The lowest BCUT2D eigenvalue weighted by atomic mass is 10.2. The van der Waals surface area contributed by atoms with Crippen LogP contribution in [0.2, 0.25) is 5.02 Å². The fraction of sp³-hybridized carbons (Fsp3) is 0.200. The topological polar surface area (TPSA) is 53.6 Å². The molecule has 0 amide bonds. The lowest BCUT2D eigenvalue weighted by Gasteiger charge is -2.03. The van der Waals surface area contributed by atoms with Crippen LogP contribution in [-0.2, 0) is 6.54 Å². The number of aromatic amines is 1. The normalized spacial score (nSPS) is 10.3. The molecule has 0 bridgehead atoms. The van der Waals surface area contributed by atoms with E-state index in [0.29, 0.717) is 12.5 Å². The zero-order valence-electron chi connectivity index (χ0n) is 8.29. The van der Waals surface area contributed by atoms with E-state index in [-0.39, 0.29) is 0 Å². The van der Waals surface area contributed by atoms with Gasteiger partial charge in [-0.2, -0.15) is 4.98 Å². The molecule has 0 atom stereocenters. The molecule has 2 rings (SSSR count). The van der Waals surface area contributed by atoms with E-state index in [1.807, 2.05) is 31.2 Å². The Hall–Kier alpha value is -1.55. The second-order valence-corrected chi connectivity index (χ2v) is 3.60. The van der Waals surface area contributed by atoms with Gasteiger partial charge in [0.2, 0.25) is 5.95 Å². The Morgan fingerprint density at radius 2 is 2.20 bits per heavy atom. The third-order valence-corrected chi connectivity index (χ3v) is 2.36. The maximum Gasteiger partial charge on any atom is 0.242 e. The summed E-state index contributed by atoms with van der Waals surface area (Å²) in [7, 11) is 0. The molecule has 0 radical (unpaired) electrons. The highest BCUT2D eigenvalue weighted by atomic mass is 35.5. The SMILES string of the molecule is Cc1nc(NCc2ccccc2Cl)n[nH]1. The van der Waals surface area contributed by atoms with Crippen molar-refractivity contribution in [2.24, 2.45) is 0 Å². The number of hydrogen-bond donors (Lipinski definition) is 2. The van der Waals surface area contributed by atoms with Crippen molar-refractivity contribution in [2.75, 3.05) is 5.32 Å². The highest BCUT2D eigenvalue weighted by Crippen LogP contribution is 2.15. The lowest BCUT2D eigenvalue weighted by molar-refractivity contribution is 1.02. The Labute approximate surface area is 92.7 Å². The van der Waals surface area contributed by atoms with Gasteiger partial charge in [-0.15, -0.1) is 5.10 Å². The van der Waals surface area contributed by atoms with Crippen LogP contribution in [-0.4, -0.2) is 15.2 Å². The van der Waals surface area contributed by atoms with Gasteiger partial charge in [-0.3, -0.25) is 5.10 Å². The summed E-state index contributed by atoms with van der Waals surface area (Å²) in [5.41, 5.74) is 1.03. The van der Waals surface area contributed by atoms with Gasteiger partial charge in [0.25, 0.3) is 0 Å². The molecule has 2 aromatic rings. The molecule has 1 heterocycles. The first-order valence-electron chi connectivity index (χ1n) is 4.62. The van der Waals surface area contributed by atoms with Gasteiger partial charge in [0.1, 0.15) is 5.82 Å². The van der Waals surface area contributed by atoms with Crippen molar-refractivity contribution < 1.29 is 0 Å². The van der Waals surface area contributed by atoms with Crippen LogP contribution in [0.1, 0.15) is 11.4 Å². The predicted molar refractivity (Wildman–Crippen MR) is 59.9 cm³/mol. The van der Waals surface area contributed by atoms with Crippen molar-refractivity contribution in [1.82, 2.24) is 15.2 Å². The van der Waals surface area contributed by atoms with Gasteiger partial charge in [0, 0.05) is 11.6 Å². The fourth-order valence-electron chi connectivity index (χ4n) is 1.24. The number of nitrogens with zero attached hydrogens (tertiary/aromatic N) is 2. The molecule has 0 aliphatic rings. The minimum absolute atomic E-state index is 0.590. The highest BCUT2D eigenvalue weighted by Gasteiger charge is 2.01. The van der Waals surface area contributed by atoms with Crippen LogP contribution in [0.5, 0.6) is 0 Å². The highest BCUT2D eigenvalue weighted by molar-refractivity contribution is 6.31. The van der Waals surface area contributed by atoms with Crippen molar-refractivity contribution in [1.29, 1.82) is 0 Å². The Morgan fingerprint density at radius 3 is 2.87 bits per heavy atom. The first-order valence-corrected chi connectivity index (χ1v) is 5.00. The summed E-state index contributed by atoms with van der Waals surface area (Å²) in [6.45, 7) is 2.48. The summed E-state index contributed by atoms with van der Waals surface area (Å²) in [5, 5.41) is 10.6. The summed E-state index contributed by atoms with van der Waals surface area (Å²) in [6, 6.07) is 7.69. The average Bonchev–Trinajstić information content (AvgIpc) is 2.63. The summed E-state index contributed by atoms with van der Waals surface area (Å²) in [5.74, 6) is 1.38. The zero-order chi connectivity index (χ0) is 10.7. The molecule has 0 aliphatic heterocycles. The number of halogens is 1. The average molecular weight is 223 g/mol. The molecule has 78 valence electrons. The number of aryl methyl sites for hydroxylation is 1. The van der Waals surface area contributed by atoms with Crippen molar-refractivity contribution in [3.63, 3.8) is 0 Å². The van der Waals surface area contributed by atoms with Crippen LogP contribution >= 0.6 is 11.6 Å². The smallest absolute Gasteiger partial charge is 0.242 e. The summed E-state index contributed by atoms with van der Waals surface area (Å²) >= 11 is 6.01. The molecule has 2 N–H and O–H groups in total. The quantitative estimate of drug-likeness (QED) is 0.839. The Morgan fingerprint density at radius 1 is 1.40 bits per heavy atom. The van der Waals surface area contributed by atoms with Crippen LogP contribution in [0.15, 0.2) is 24.3 Å². The number of aromatic nitrogens is 3. The van der Waals surface area contributed by atoms with E-state index in [9.17, 15) is 0 Å². The molecule has 0 aliphatic carbocycles. The number of H-pyrrole nitrogens is 1. The van der Waals surface area contributed by atoms with E-state index < -0.39 is 0 Å². The molecule has 0 unspecified atom stereocenters. The standard InChI is InChI=1S/C10H11ClN4/c1-7-13-10(15-14-7)12-6-8-4-2-3-5-9(8)11/h2-5H,6H2,1H3,(H2,12,13,14,15). The second-order valence-electron chi connectivity index (χ2n) is 3.19. The minimum Gasteiger partial charge on any atom is -0.349 e. The number of anilines is 1. The second kappa shape index (κ2) is 4.31. The van der Waals surface area contributed by atoms with Crippen molar-refractivity contribution in [3.05, 3.63) is 40.7 Å². The number of benzene rings is 1. The lowest BCUT2D eigenvalue weighted by Crippen LogP contribution is -2.01. The Kier molecular flexibility index (Phi) is 2.87. The third kappa shape index (κ3) is 2.47. The number of hydrogen-bond acceptors (Lipinski definition) is 3. The molecule has 1 aromatic carbocycles. The molecule has 0 saturated carbocycles. The van der Waals surface area contributed by atoms with Gasteiger partial charge < -0.3 is 5.32 Å². The van der Waals surface area contributed by atoms with Gasteiger partial charge in [0.15, 0.2) is 0 Å². The fourth-order valence-corrected chi connectivity index (χ4v) is 1.44. The van der Waals surface area contributed by atoms with Crippen molar-refractivity contribution in [2.45, 2.75) is 13.5 Å². The van der Waals surface area contributed by atoms with E-state index in [4.69, 9.17) is 11.6 Å². The van der Waals surface area contributed by atoms with Crippen LogP contribution in [0.4, 0.5) is 5.95 Å². The minimum atomic E-state index is 0.590. The van der Waals surface area contributed by atoms with Gasteiger partial charge in [0.05, 0.1) is 0 Å². The molecule has 5 heteroatoms. The molecular formula is C10H11ClN4. The third-order valence-electron chi connectivity index (χ3n) is 1.99. The Balaban J connectivity index is 2.02. The van der Waals surface area contributed by atoms with Crippen LogP contribution in [0.25, 0.3) is 0 Å². The summed E-state index contributed by atoms with van der Waals surface area (Å²) < 4.78 is 0.